The molecule has 1 saturated heterocycles. The van der Waals surface area contributed by atoms with Gasteiger partial charge in [-0.25, -0.2) is 4.39 Å². The van der Waals surface area contributed by atoms with Gasteiger partial charge in [-0.1, -0.05) is 0 Å². The Labute approximate surface area is 197 Å². The van der Waals surface area contributed by atoms with Crippen LogP contribution in [-0.4, -0.2) is 83.7 Å². The normalized spacial score (nSPS) is 20.8. The molecule has 0 aliphatic carbocycles. The van der Waals surface area contributed by atoms with Crippen molar-refractivity contribution < 1.29 is 23.8 Å². The van der Waals surface area contributed by atoms with E-state index in [2.05, 4.69) is 15.2 Å². The van der Waals surface area contributed by atoms with Crippen LogP contribution in [0.1, 0.15) is 39.3 Å². The number of β-amino-alcohol motifs (C(OH)–C–C–N with tert-alkyl or cyclic N) is 1. The van der Waals surface area contributed by atoms with E-state index < -0.39 is 11.9 Å². The maximum absolute atomic E-state index is 13.8. The Morgan fingerprint density at radius 3 is 2.79 bits per heavy atom. The summed E-state index contributed by atoms with van der Waals surface area (Å²) in [7, 11) is 0. The van der Waals surface area contributed by atoms with Gasteiger partial charge in [0.1, 0.15) is 5.82 Å². The highest BCUT2D eigenvalue weighted by Gasteiger charge is 2.30. The monoisotopic (exact) mass is 468 g/mol. The van der Waals surface area contributed by atoms with Gasteiger partial charge in [0.25, 0.3) is 11.8 Å². The highest BCUT2D eigenvalue weighted by molar-refractivity contribution is 6.34. The van der Waals surface area contributed by atoms with Crippen LogP contribution in [0.2, 0.25) is 0 Å². The summed E-state index contributed by atoms with van der Waals surface area (Å²) in [6.45, 7) is 6.10. The second-order valence-corrected chi connectivity index (χ2v) is 9.14. The van der Waals surface area contributed by atoms with Gasteiger partial charge < -0.3 is 25.0 Å². The Morgan fingerprint density at radius 1 is 1.21 bits per heavy atom. The molecule has 0 spiro atoms. The van der Waals surface area contributed by atoms with Crippen molar-refractivity contribution in [2.75, 3.05) is 51.3 Å². The highest BCUT2D eigenvalue weighted by Crippen LogP contribution is 2.35. The van der Waals surface area contributed by atoms with Crippen LogP contribution in [0.5, 0.6) is 0 Å². The number of morpholine rings is 1. The van der Waals surface area contributed by atoms with Gasteiger partial charge in [0, 0.05) is 55.4 Å². The fourth-order valence-corrected chi connectivity index (χ4v) is 5.02. The van der Waals surface area contributed by atoms with Crippen molar-refractivity contribution in [2.45, 2.75) is 25.9 Å². The number of amides is 2. The summed E-state index contributed by atoms with van der Waals surface area (Å²) >= 11 is 0. The smallest absolute Gasteiger partial charge is 0.256 e. The van der Waals surface area contributed by atoms with Gasteiger partial charge >= 0.3 is 0 Å². The van der Waals surface area contributed by atoms with Crippen LogP contribution in [0.25, 0.3) is 11.6 Å². The Morgan fingerprint density at radius 2 is 2.00 bits per heavy atom. The molecule has 1 fully saturated rings. The summed E-state index contributed by atoms with van der Waals surface area (Å²) in [6.07, 6.45) is 2.51. The first kappa shape index (κ1) is 22.8. The van der Waals surface area contributed by atoms with Crippen LogP contribution in [-0.2, 0) is 16.0 Å². The average Bonchev–Trinajstić information content (AvgIpc) is 3.23. The standard InChI is InChI=1S/C25H29FN4O4/c1-15-22(12-19-18-11-16(26)4-5-20(18)28-24(19)32)27-21-3-2-6-30(25(33)23(15)21)14-17(31)13-29-7-9-34-10-8-29/h4-5,11-12,17,27,31H,2-3,6-10,13-14H2,1H3,(H,28,32)/t17-/m0/s1. The zero-order valence-corrected chi connectivity index (χ0v) is 19.2. The maximum Gasteiger partial charge on any atom is 0.256 e. The molecule has 1 aromatic carbocycles. The number of benzene rings is 1. The van der Waals surface area contributed by atoms with Crippen LogP contribution in [0.15, 0.2) is 18.2 Å². The van der Waals surface area contributed by atoms with E-state index in [4.69, 9.17) is 4.74 Å². The van der Waals surface area contributed by atoms with Gasteiger partial charge in [-0.05, 0) is 49.6 Å². The number of ether oxygens (including phenoxy) is 1. The number of rotatable bonds is 5. The number of fused-ring (bicyclic) bond motifs is 2. The average molecular weight is 469 g/mol. The highest BCUT2D eigenvalue weighted by atomic mass is 19.1. The SMILES string of the molecule is Cc1c(C=C2C(=O)Nc3ccc(F)cc32)[nH]c2c1C(=O)N(C[C@@H](O)CN1CCOCC1)CCC2. The second kappa shape index (κ2) is 9.32. The third-order valence-corrected chi connectivity index (χ3v) is 6.78. The zero-order valence-electron chi connectivity index (χ0n) is 19.2. The van der Waals surface area contributed by atoms with Crippen LogP contribution >= 0.6 is 0 Å². The Kier molecular flexibility index (Phi) is 6.24. The Hall–Kier alpha value is -3.01. The zero-order chi connectivity index (χ0) is 23.8. The summed E-state index contributed by atoms with van der Waals surface area (Å²) in [4.78, 5) is 33.2. The van der Waals surface area contributed by atoms with E-state index in [0.717, 1.165) is 30.8 Å². The summed E-state index contributed by atoms with van der Waals surface area (Å²) in [6, 6.07) is 4.19. The summed E-state index contributed by atoms with van der Waals surface area (Å²) in [5.74, 6) is -0.833. The number of hydrogen-bond donors (Lipinski definition) is 3. The first-order valence-corrected chi connectivity index (χ1v) is 11.7. The lowest BCUT2D eigenvalue weighted by atomic mass is 10.0. The number of aliphatic hydroxyl groups excluding tert-OH is 1. The molecule has 5 rings (SSSR count). The minimum Gasteiger partial charge on any atom is -0.390 e. The Bertz CT molecular complexity index is 1150. The molecular formula is C25H29FN4O4. The topological polar surface area (TPSA) is 97.9 Å². The van der Waals surface area contributed by atoms with E-state index >= 15 is 0 Å². The molecule has 0 unspecified atom stereocenters. The number of carbonyl (C=O) groups excluding carboxylic acids is 2. The minimum atomic E-state index is -0.641. The van der Waals surface area contributed by atoms with Gasteiger partial charge in [-0.2, -0.15) is 0 Å². The molecule has 0 radical (unpaired) electrons. The number of aryl methyl sites for hydroxylation is 1. The number of halogens is 1. The molecule has 1 aromatic heterocycles. The fraction of sp³-hybridized carbons (Fsp3) is 0.440. The molecule has 1 atom stereocenters. The molecule has 34 heavy (non-hydrogen) atoms. The number of hydrogen-bond acceptors (Lipinski definition) is 5. The van der Waals surface area contributed by atoms with Crippen molar-refractivity contribution in [1.29, 1.82) is 0 Å². The quantitative estimate of drug-likeness (QED) is 0.584. The molecule has 2 aromatic rings. The van der Waals surface area contributed by atoms with E-state index in [1.807, 2.05) is 6.92 Å². The predicted molar refractivity (Wildman–Crippen MR) is 126 cm³/mol. The number of H-pyrrole nitrogens is 1. The maximum atomic E-state index is 13.8. The van der Waals surface area contributed by atoms with Crippen molar-refractivity contribution in [3.63, 3.8) is 0 Å². The molecule has 2 amide bonds. The Balaban J connectivity index is 1.38. The molecule has 3 aliphatic rings. The van der Waals surface area contributed by atoms with Gasteiger partial charge in [0.15, 0.2) is 0 Å². The molecule has 3 aliphatic heterocycles. The van der Waals surface area contributed by atoms with E-state index in [0.29, 0.717) is 60.8 Å². The van der Waals surface area contributed by atoms with E-state index in [-0.39, 0.29) is 18.4 Å². The molecule has 0 saturated carbocycles. The number of anilines is 1. The molecule has 0 bridgehead atoms. The van der Waals surface area contributed by atoms with Crippen LogP contribution in [0, 0.1) is 12.7 Å². The number of nitrogens with one attached hydrogen (secondary N) is 2. The summed E-state index contributed by atoms with van der Waals surface area (Å²) < 4.78 is 19.2. The van der Waals surface area contributed by atoms with Crippen LogP contribution in [0.4, 0.5) is 10.1 Å². The second-order valence-electron chi connectivity index (χ2n) is 9.14. The fourth-order valence-electron chi connectivity index (χ4n) is 5.02. The van der Waals surface area contributed by atoms with Gasteiger partial charge in [0.05, 0.1) is 30.5 Å². The van der Waals surface area contributed by atoms with Gasteiger partial charge in [-0.3, -0.25) is 14.5 Å². The van der Waals surface area contributed by atoms with E-state index in [1.165, 1.54) is 12.1 Å². The lowest BCUT2D eigenvalue weighted by molar-refractivity contribution is -0.110. The molecule has 4 heterocycles. The third kappa shape index (κ3) is 4.38. The first-order chi connectivity index (χ1) is 16.4. The van der Waals surface area contributed by atoms with Crippen molar-refractivity contribution >= 4 is 29.2 Å². The van der Waals surface area contributed by atoms with Crippen molar-refractivity contribution in [3.8, 4) is 0 Å². The van der Waals surface area contributed by atoms with Crippen LogP contribution < -0.4 is 5.32 Å². The summed E-state index contributed by atoms with van der Waals surface area (Å²) in [5, 5.41) is 13.4. The van der Waals surface area contributed by atoms with E-state index in [9.17, 15) is 19.1 Å². The third-order valence-electron chi connectivity index (χ3n) is 6.78. The van der Waals surface area contributed by atoms with Crippen LogP contribution in [0.3, 0.4) is 0 Å². The van der Waals surface area contributed by atoms with E-state index in [1.54, 1.807) is 17.0 Å². The number of nitrogens with zero attached hydrogens (tertiary/aromatic N) is 2. The van der Waals surface area contributed by atoms with Gasteiger partial charge in [-0.15, -0.1) is 0 Å². The predicted octanol–water partition coefficient (Wildman–Crippen LogP) is 2.04. The molecule has 3 N–H and O–H groups in total. The first-order valence-electron chi connectivity index (χ1n) is 11.7. The van der Waals surface area contributed by atoms with Crippen molar-refractivity contribution in [2.24, 2.45) is 0 Å². The van der Waals surface area contributed by atoms with Crippen molar-refractivity contribution in [1.82, 2.24) is 14.8 Å². The number of aromatic amines is 1. The molecular weight excluding hydrogens is 439 g/mol. The number of aromatic nitrogens is 1. The number of aliphatic hydroxyl groups is 1. The lowest BCUT2D eigenvalue weighted by Gasteiger charge is -2.31. The molecule has 8 nitrogen and oxygen atoms in total. The van der Waals surface area contributed by atoms with Crippen molar-refractivity contribution in [3.05, 3.63) is 52.1 Å². The van der Waals surface area contributed by atoms with Gasteiger partial charge in [0.2, 0.25) is 0 Å². The summed E-state index contributed by atoms with van der Waals surface area (Å²) in [5.41, 5.74) is 4.28. The molecule has 9 heteroatoms. The lowest BCUT2D eigenvalue weighted by Crippen LogP contribution is -2.46. The molecule has 180 valence electrons. The number of carbonyl (C=O) groups is 2. The minimum absolute atomic E-state index is 0.116. The largest absolute Gasteiger partial charge is 0.390 e.